The van der Waals surface area contributed by atoms with Gasteiger partial charge in [-0.3, -0.25) is 0 Å². The van der Waals surface area contributed by atoms with Gasteiger partial charge in [0.05, 0.1) is 0 Å². The molecule has 16 heavy (non-hydrogen) atoms. The van der Waals surface area contributed by atoms with Gasteiger partial charge >= 0.3 is 0 Å². The highest BCUT2D eigenvalue weighted by atomic mass is 19.1. The third-order valence-electron chi connectivity index (χ3n) is 3.16. The van der Waals surface area contributed by atoms with Crippen LogP contribution in [0.5, 0.6) is 0 Å². The second kappa shape index (κ2) is 4.81. The van der Waals surface area contributed by atoms with Gasteiger partial charge in [0, 0.05) is 13.1 Å². The van der Waals surface area contributed by atoms with Crippen molar-refractivity contribution in [2.45, 2.75) is 32.6 Å². The van der Waals surface area contributed by atoms with Crippen molar-refractivity contribution < 1.29 is 8.78 Å². The van der Waals surface area contributed by atoms with Crippen LogP contribution in [-0.4, -0.2) is 13.1 Å². The van der Waals surface area contributed by atoms with Gasteiger partial charge in [-0.2, -0.15) is 0 Å². The molecule has 0 saturated carbocycles. The average molecular weight is 225 g/mol. The number of benzene rings is 1. The average Bonchev–Trinajstić information content (AvgIpc) is 2.29. The molecule has 0 bridgehead atoms. The van der Waals surface area contributed by atoms with Crippen LogP contribution in [0.15, 0.2) is 12.1 Å². The van der Waals surface area contributed by atoms with Gasteiger partial charge in [-0.1, -0.05) is 6.92 Å². The SMILES string of the molecule is CCc1cc(F)c(N2CCCCC2)c(F)c1. The summed E-state index contributed by atoms with van der Waals surface area (Å²) in [6.07, 6.45) is 3.86. The lowest BCUT2D eigenvalue weighted by Gasteiger charge is -2.29. The Kier molecular flexibility index (Phi) is 3.42. The molecule has 0 amide bonds. The molecule has 0 aromatic heterocycles. The predicted octanol–water partition coefficient (Wildman–Crippen LogP) is 3.52. The molecule has 0 unspecified atom stereocenters. The van der Waals surface area contributed by atoms with Gasteiger partial charge < -0.3 is 4.90 Å². The normalized spacial score (nSPS) is 16.6. The van der Waals surface area contributed by atoms with Crippen LogP contribution in [-0.2, 0) is 6.42 Å². The molecule has 1 aliphatic rings. The number of anilines is 1. The Balaban J connectivity index is 2.32. The zero-order valence-corrected chi connectivity index (χ0v) is 9.60. The number of piperidine rings is 1. The number of halogens is 2. The Morgan fingerprint density at radius 2 is 1.62 bits per heavy atom. The van der Waals surface area contributed by atoms with E-state index in [0.717, 1.165) is 37.9 Å². The van der Waals surface area contributed by atoms with Crippen molar-refractivity contribution in [3.63, 3.8) is 0 Å². The van der Waals surface area contributed by atoms with E-state index >= 15 is 0 Å². The molecule has 1 aromatic rings. The van der Waals surface area contributed by atoms with Crippen LogP contribution in [0.25, 0.3) is 0 Å². The first-order valence-electron chi connectivity index (χ1n) is 5.95. The first-order valence-corrected chi connectivity index (χ1v) is 5.95. The van der Waals surface area contributed by atoms with Crippen molar-refractivity contribution in [1.82, 2.24) is 0 Å². The maximum absolute atomic E-state index is 13.8. The van der Waals surface area contributed by atoms with E-state index in [4.69, 9.17) is 0 Å². The molecule has 1 saturated heterocycles. The number of nitrogens with zero attached hydrogens (tertiary/aromatic N) is 1. The van der Waals surface area contributed by atoms with Gasteiger partial charge in [0.15, 0.2) is 0 Å². The van der Waals surface area contributed by atoms with Crippen LogP contribution in [0.3, 0.4) is 0 Å². The summed E-state index contributed by atoms with van der Waals surface area (Å²) in [6, 6.07) is 2.90. The summed E-state index contributed by atoms with van der Waals surface area (Å²) in [4.78, 5) is 1.83. The fourth-order valence-electron chi connectivity index (χ4n) is 2.24. The van der Waals surface area contributed by atoms with E-state index < -0.39 is 11.6 Å². The summed E-state index contributed by atoms with van der Waals surface area (Å²) in [7, 11) is 0. The quantitative estimate of drug-likeness (QED) is 0.744. The summed E-state index contributed by atoms with van der Waals surface area (Å²) in [5.74, 6) is -0.836. The summed E-state index contributed by atoms with van der Waals surface area (Å²) >= 11 is 0. The van der Waals surface area contributed by atoms with E-state index in [9.17, 15) is 8.78 Å². The van der Waals surface area contributed by atoms with Crippen LogP contribution in [0.2, 0.25) is 0 Å². The molecule has 1 aliphatic heterocycles. The van der Waals surface area contributed by atoms with Gasteiger partial charge in [-0.05, 0) is 43.4 Å². The molecule has 0 atom stereocenters. The van der Waals surface area contributed by atoms with E-state index in [1.165, 1.54) is 12.1 Å². The van der Waals surface area contributed by atoms with Gasteiger partial charge in [0.1, 0.15) is 17.3 Å². The van der Waals surface area contributed by atoms with Crippen LogP contribution in [0.1, 0.15) is 31.7 Å². The summed E-state index contributed by atoms with van der Waals surface area (Å²) in [5.41, 5.74) is 0.882. The van der Waals surface area contributed by atoms with Gasteiger partial charge in [0.2, 0.25) is 0 Å². The maximum atomic E-state index is 13.8. The molecule has 2 rings (SSSR count). The van der Waals surface area contributed by atoms with E-state index in [1.54, 1.807) is 0 Å². The van der Waals surface area contributed by atoms with Crippen LogP contribution >= 0.6 is 0 Å². The van der Waals surface area contributed by atoms with Crippen LogP contribution < -0.4 is 4.90 Å². The predicted molar refractivity (Wildman–Crippen MR) is 61.8 cm³/mol. The lowest BCUT2D eigenvalue weighted by Crippen LogP contribution is -2.31. The fraction of sp³-hybridized carbons (Fsp3) is 0.538. The van der Waals surface area contributed by atoms with E-state index in [1.807, 2.05) is 11.8 Å². The van der Waals surface area contributed by atoms with Crippen molar-refractivity contribution in [3.8, 4) is 0 Å². The summed E-state index contributed by atoms with van der Waals surface area (Å²) in [5, 5.41) is 0. The van der Waals surface area contributed by atoms with Crippen molar-refractivity contribution in [3.05, 3.63) is 29.3 Å². The number of aryl methyl sites for hydroxylation is 1. The number of rotatable bonds is 2. The van der Waals surface area contributed by atoms with Crippen molar-refractivity contribution in [1.29, 1.82) is 0 Å². The minimum atomic E-state index is -0.418. The largest absolute Gasteiger partial charge is 0.367 e. The smallest absolute Gasteiger partial charge is 0.149 e. The monoisotopic (exact) mass is 225 g/mol. The van der Waals surface area contributed by atoms with Gasteiger partial charge in [-0.15, -0.1) is 0 Å². The standard InChI is InChI=1S/C13H17F2N/c1-2-10-8-11(14)13(12(15)9-10)16-6-4-3-5-7-16/h8-9H,2-7H2,1H3. The Bertz CT molecular complexity index is 347. The van der Waals surface area contributed by atoms with Gasteiger partial charge in [-0.25, -0.2) is 8.78 Å². The van der Waals surface area contributed by atoms with Crippen molar-refractivity contribution in [2.24, 2.45) is 0 Å². The first-order chi connectivity index (χ1) is 7.72. The molecule has 88 valence electrons. The highest BCUT2D eigenvalue weighted by Gasteiger charge is 2.19. The number of hydrogen-bond acceptors (Lipinski definition) is 1. The molecule has 1 aromatic carbocycles. The molecule has 1 heterocycles. The highest BCUT2D eigenvalue weighted by molar-refractivity contribution is 5.51. The lowest BCUT2D eigenvalue weighted by molar-refractivity contribution is 0.529. The Morgan fingerprint density at radius 3 is 2.12 bits per heavy atom. The van der Waals surface area contributed by atoms with Gasteiger partial charge in [0.25, 0.3) is 0 Å². The molecular weight excluding hydrogens is 208 g/mol. The van der Waals surface area contributed by atoms with E-state index in [-0.39, 0.29) is 5.69 Å². The Hall–Kier alpha value is -1.12. The zero-order chi connectivity index (χ0) is 11.5. The first kappa shape index (κ1) is 11.4. The molecule has 0 N–H and O–H groups in total. The van der Waals surface area contributed by atoms with E-state index in [2.05, 4.69) is 0 Å². The van der Waals surface area contributed by atoms with Crippen LogP contribution in [0, 0.1) is 11.6 Å². The second-order valence-corrected chi connectivity index (χ2v) is 4.31. The third-order valence-corrected chi connectivity index (χ3v) is 3.16. The highest BCUT2D eigenvalue weighted by Crippen LogP contribution is 2.27. The minimum absolute atomic E-state index is 0.164. The van der Waals surface area contributed by atoms with Crippen LogP contribution in [0.4, 0.5) is 14.5 Å². The molecule has 1 nitrogen and oxygen atoms in total. The maximum Gasteiger partial charge on any atom is 0.149 e. The van der Waals surface area contributed by atoms with E-state index in [0.29, 0.717) is 6.42 Å². The third kappa shape index (κ3) is 2.18. The summed E-state index contributed by atoms with van der Waals surface area (Å²) in [6.45, 7) is 3.42. The minimum Gasteiger partial charge on any atom is -0.367 e. The lowest BCUT2D eigenvalue weighted by atomic mass is 10.1. The Labute approximate surface area is 95.1 Å². The molecule has 0 aliphatic carbocycles. The molecule has 1 fully saturated rings. The molecule has 0 radical (unpaired) electrons. The Morgan fingerprint density at radius 1 is 1.06 bits per heavy atom. The summed E-state index contributed by atoms with van der Waals surface area (Å²) < 4.78 is 27.6. The van der Waals surface area contributed by atoms with Crippen molar-refractivity contribution in [2.75, 3.05) is 18.0 Å². The topological polar surface area (TPSA) is 3.24 Å². The zero-order valence-electron chi connectivity index (χ0n) is 9.60. The molecule has 3 heteroatoms. The molecule has 0 spiro atoms. The molecular formula is C13H17F2N. The second-order valence-electron chi connectivity index (χ2n) is 4.31. The van der Waals surface area contributed by atoms with Crippen molar-refractivity contribution >= 4 is 5.69 Å². The number of hydrogen-bond donors (Lipinski definition) is 0. The fourth-order valence-corrected chi connectivity index (χ4v) is 2.24.